The summed E-state index contributed by atoms with van der Waals surface area (Å²) in [4.78, 5) is 0. The molecule has 0 bridgehead atoms. The standard InChI is InChI=1S/C23H19Cl3N2O2/c1-30-21-4-2-3-17(22(21)29)20-12-19(13-5-7-14(24)8-6-13)27-23(28-20)16-10-9-15(25)11-18(16)26/h2-12,20,23,27-29H,1H3. The van der Waals surface area contributed by atoms with Gasteiger partial charge in [-0.15, -0.1) is 0 Å². The van der Waals surface area contributed by atoms with Gasteiger partial charge in [0, 0.05) is 31.9 Å². The minimum atomic E-state index is -0.318. The van der Waals surface area contributed by atoms with Crippen LogP contribution >= 0.6 is 34.8 Å². The number of ether oxygens (including phenoxy) is 1. The maximum Gasteiger partial charge on any atom is 0.162 e. The number of phenols is 1. The molecule has 0 radical (unpaired) electrons. The van der Waals surface area contributed by atoms with Crippen LogP contribution in [0.3, 0.4) is 0 Å². The molecule has 2 unspecified atom stereocenters. The van der Waals surface area contributed by atoms with Crippen molar-refractivity contribution in [1.29, 1.82) is 0 Å². The summed E-state index contributed by atoms with van der Waals surface area (Å²) in [5.74, 6) is 0.502. The van der Waals surface area contributed by atoms with Gasteiger partial charge in [-0.05, 0) is 42.0 Å². The first-order valence-corrected chi connectivity index (χ1v) is 10.4. The van der Waals surface area contributed by atoms with Gasteiger partial charge < -0.3 is 15.2 Å². The number of aromatic hydroxyl groups is 1. The number of para-hydroxylation sites is 1. The highest BCUT2D eigenvalue weighted by Crippen LogP contribution is 2.39. The van der Waals surface area contributed by atoms with Gasteiger partial charge in [-0.3, -0.25) is 5.32 Å². The highest BCUT2D eigenvalue weighted by Gasteiger charge is 2.27. The molecular formula is C23H19Cl3N2O2. The molecule has 4 rings (SSSR count). The van der Waals surface area contributed by atoms with E-state index in [0.29, 0.717) is 26.4 Å². The van der Waals surface area contributed by atoms with Crippen molar-refractivity contribution in [1.82, 2.24) is 10.6 Å². The Kier molecular flexibility index (Phi) is 6.11. The second-order valence-corrected chi connectivity index (χ2v) is 8.15. The van der Waals surface area contributed by atoms with E-state index in [2.05, 4.69) is 10.6 Å². The van der Waals surface area contributed by atoms with Crippen LogP contribution in [0, 0.1) is 0 Å². The first kappa shape index (κ1) is 20.9. The monoisotopic (exact) mass is 460 g/mol. The molecule has 3 N–H and O–H groups in total. The molecule has 0 fully saturated rings. The van der Waals surface area contributed by atoms with Crippen molar-refractivity contribution in [2.75, 3.05) is 7.11 Å². The van der Waals surface area contributed by atoms with Gasteiger partial charge in [-0.2, -0.15) is 0 Å². The van der Waals surface area contributed by atoms with E-state index in [9.17, 15) is 5.11 Å². The quantitative estimate of drug-likeness (QED) is 0.425. The van der Waals surface area contributed by atoms with Crippen LogP contribution in [0.1, 0.15) is 28.9 Å². The van der Waals surface area contributed by atoms with E-state index >= 15 is 0 Å². The van der Waals surface area contributed by atoms with Gasteiger partial charge in [0.15, 0.2) is 11.5 Å². The van der Waals surface area contributed by atoms with Crippen molar-refractivity contribution in [3.05, 3.63) is 98.5 Å². The highest BCUT2D eigenvalue weighted by molar-refractivity contribution is 6.35. The maximum absolute atomic E-state index is 10.7. The van der Waals surface area contributed by atoms with Crippen LogP contribution < -0.4 is 15.4 Å². The Morgan fingerprint density at radius 3 is 2.33 bits per heavy atom. The third-order valence-electron chi connectivity index (χ3n) is 4.99. The molecule has 0 saturated heterocycles. The van der Waals surface area contributed by atoms with Gasteiger partial charge >= 0.3 is 0 Å². The SMILES string of the molecule is COc1cccc(C2C=C(c3ccc(Cl)cc3)NC(c3ccc(Cl)cc3Cl)N2)c1O. The number of hydrogen-bond acceptors (Lipinski definition) is 4. The zero-order chi connectivity index (χ0) is 21.3. The summed E-state index contributed by atoms with van der Waals surface area (Å²) in [5, 5.41) is 19.4. The molecule has 154 valence electrons. The number of methoxy groups -OCH3 is 1. The maximum atomic E-state index is 10.7. The summed E-state index contributed by atoms with van der Waals surface area (Å²) < 4.78 is 5.28. The van der Waals surface area contributed by atoms with Gasteiger partial charge in [0.05, 0.1) is 13.2 Å². The molecule has 3 aromatic rings. The third kappa shape index (κ3) is 4.23. The molecule has 30 heavy (non-hydrogen) atoms. The average Bonchev–Trinajstić information content (AvgIpc) is 2.74. The molecule has 1 heterocycles. The van der Waals surface area contributed by atoms with Crippen molar-refractivity contribution in [2.24, 2.45) is 0 Å². The van der Waals surface area contributed by atoms with Crippen LogP contribution in [0.2, 0.25) is 15.1 Å². The number of halogens is 3. The van der Waals surface area contributed by atoms with E-state index in [4.69, 9.17) is 39.5 Å². The molecule has 0 spiro atoms. The van der Waals surface area contributed by atoms with E-state index in [0.717, 1.165) is 16.8 Å². The van der Waals surface area contributed by atoms with Crippen LogP contribution in [0.5, 0.6) is 11.5 Å². The Balaban J connectivity index is 1.79. The molecule has 2 atom stereocenters. The zero-order valence-electron chi connectivity index (χ0n) is 16.0. The highest BCUT2D eigenvalue weighted by atomic mass is 35.5. The van der Waals surface area contributed by atoms with Crippen molar-refractivity contribution in [3.63, 3.8) is 0 Å². The van der Waals surface area contributed by atoms with Crippen LogP contribution in [0.25, 0.3) is 5.70 Å². The van der Waals surface area contributed by atoms with Crippen LogP contribution in [-0.4, -0.2) is 12.2 Å². The summed E-state index contributed by atoms with van der Waals surface area (Å²) in [6, 6.07) is 18.1. The Morgan fingerprint density at radius 2 is 1.63 bits per heavy atom. The Bertz CT molecular complexity index is 1100. The molecule has 1 aliphatic heterocycles. The fourth-order valence-corrected chi connectivity index (χ4v) is 4.13. The number of phenolic OH excluding ortho intramolecular Hbond substituents is 1. The Labute approximate surface area is 190 Å². The number of benzene rings is 3. The molecule has 0 aromatic heterocycles. The first-order chi connectivity index (χ1) is 14.5. The fraction of sp³-hybridized carbons (Fsp3) is 0.130. The summed E-state index contributed by atoms with van der Waals surface area (Å²) in [5.41, 5.74) is 3.38. The summed E-state index contributed by atoms with van der Waals surface area (Å²) in [6.07, 6.45) is 1.69. The molecular weight excluding hydrogens is 443 g/mol. The molecule has 4 nitrogen and oxygen atoms in total. The van der Waals surface area contributed by atoms with Crippen LogP contribution in [-0.2, 0) is 0 Å². The molecule has 0 aliphatic carbocycles. The average molecular weight is 462 g/mol. The Hall–Kier alpha value is -2.37. The predicted octanol–water partition coefficient (Wildman–Crippen LogP) is 6.33. The smallest absolute Gasteiger partial charge is 0.162 e. The van der Waals surface area contributed by atoms with Crippen molar-refractivity contribution in [3.8, 4) is 11.5 Å². The number of hydrogen-bond donors (Lipinski definition) is 3. The molecule has 0 saturated carbocycles. The predicted molar refractivity (Wildman–Crippen MR) is 122 cm³/mol. The minimum absolute atomic E-state index is 0.0899. The van der Waals surface area contributed by atoms with E-state index in [-0.39, 0.29) is 18.0 Å². The molecule has 1 aliphatic rings. The largest absolute Gasteiger partial charge is 0.504 e. The van der Waals surface area contributed by atoms with Gasteiger partial charge in [-0.1, -0.05) is 65.1 Å². The molecule has 7 heteroatoms. The first-order valence-electron chi connectivity index (χ1n) is 9.27. The Morgan fingerprint density at radius 1 is 0.900 bits per heavy atom. The van der Waals surface area contributed by atoms with Gasteiger partial charge in [0.1, 0.15) is 6.17 Å². The summed E-state index contributed by atoms with van der Waals surface area (Å²) in [6.45, 7) is 0. The topological polar surface area (TPSA) is 53.5 Å². The van der Waals surface area contributed by atoms with Crippen LogP contribution in [0.15, 0.2) is 66.7 Å². The molecule has 0 amide bonds. The van der Waals surface area contributed by atoms with E-state index in [1.54, 1.807) is 18.2 Å². The van der Waals surface area contributed by atoms with E-state index < -0.39 is 0 Å². The van der Waals surface area contributed by atoms with Gasteiger partial charge in [0.25, 0.3) is 0 Å². The lowest BCUT2D eigenvalue weighted by Crippen LogP contribution is -2.39. The van der Waals surface area contributed by atoms with Crippen molar-refractivity contribution < 1.29 is 9.84 Å². The second kappa shape index (κ2) is 8.78. The lowest BCUT2D eigenvalue weighted by molar-refractivity contribution is 0.363. The second-order valence-electron chi connectivity index (χ2n) is 6.87. The van der Waals surface area contributed by atoms with Gasteiger partial charge in [-0.25, -0.2) is 0 Å². The molecule has 3 aromatic carbocycles. The fourth-order valence-electron chi connectivity index (χ4n) is 3.49. The van der Waals surface area contributed by atoms with Gasteiger partial charge in [0.2, 0.25) is 0 Å². The van der Waals surface area contributed by atoms with Crippen LogP contribution in [0.4, 0.5) is 0 Å². The third-order valence-corrected chi connectivity index (χ3v) is 5.81. The summed E-state index contributed by atoms with van der Waals surface area (Å²) >= 11 is 18.6. The van der Waals surface area contributed by atoms with E-state index in [1.165, 1.54) is 7.11 Å². The van der Waals surface area contributed by atoms with Crippen molar-refractivity contribution >= 4 is 40.5 Å². The zero-order valence-corrected chi connectivity index (χ0v) is 18.3. The number of rotatable bonds is 4. The number of nitrogens with one attached hydrogen (secondary N) is 2. The minimum Gasteiger partial charge on any atom is -0.504 e. The van der Waals surface area contributed by atoms with E-state index in [1.807, 2.05) is 48.5 Å². The normalized spacial score (nSPS) is 18.5. The van der Waals surface area contributed by atoms with Crippen molar-refractivity contribution in [2.45, 2.75) is 12.2 Å². The summed E-state index contributed by atoms with van der Waals surface area (Å²) in [7, 11) is 1.53. The lowest BCUT2D eigenvalue weighted by atomic mass is 9.97. The lowest BCUT2D eigenvalue weighted by Gasteiger charge is -2.34.